The fourth-order valence-electron chi connectivity index (χ4n) is 4.95. The minimum absolute atomic E-state index is 0.0757. The minimum Gasteiger partial charge on any atom is -0.300 e. The van der Waals surface area contributed by atoms with Gasteiger partial charge in [-0.2, -0.15) is 5.10 Å². The molecule has 2 aliphatic rings. The normalized spacial score (nSPS) is 27.2. The molecular weight excluding hydrogens is 284 g/mol. The van der Waals surface area contributed by atoms with E-state index in [-0.39, 0.29) is 5.41 Å². The Labute approximate surface area is 137 Å². The van der Waals surface area contributed by atoms with Crippen molar-refractivity contribution in [3.05, 3.63) is 53.3 Å². The van der Waals surface area contributed by atoms with Gasteiger partial charge in [-0.15, -0.1) is 0 Å². The first-order chi connectivity index (χ1) is 11.2. The lowest BCUT2D eigenvalue weighted by atomic mass is 9.60. The molecule has 3 nitrogen and oxygen atoms in total. The molecule has 0 radical (unpaired) electrons. The summed E-state index contributed by atoms with van der Waals surface area (Å²) >= 11 is 0. The van der Waals surface area contributed by atoms with Gasteiger partial charge in [0, 0.05) is 31.0 Å². The highest BCUT2D eigenvalue weighted by Gasteiger charge is 2.48. The van der Waals surface area contributed by atoms with Crippen LogP contribution in [0.4, 0.5) is 0 Å². The lowest BCUT2D eigenvalue weighted by Crippen LogP contribution is -2.44. The minimum atomic E-state index is 0.0757. The van der Waals surface area contributed by atoms with E-state index in [4.69, 9.17) is 0 Å². The fourth-order valence-corrected chi connectivity index (χ4v) is 4.95. The summed E-state index contributed by atoms with van der Waals surface area (Å²) in [6.07, 6.45) is 8.95. The van der Waals surface area contributed by atoms with E-state index in [9.17, 15) is 4.79 Å². The summed E-state index contributed by atoms with van der Waals surface area (Å²) in [5.41, 5.74) is 4.25. The Kier molecular flexibility index (Phi) is 3.59. The van der Waals surface area contributed by atoms with E-state index in [1.165, 1.54) is 23.2 Å². The lowest BCUT2D eigenvalue weighted by Gasteiger charge is -2.44. The molecule has 0 bridgehead atoms. The van der Waals surface area contributed by atoms with Crippen LogP contribution in [0.2, 0.25) is 0 Å². The molecule has 23 heavy (non-hydrogen) atoms. The maximum atomic E-state index is 12.1. The van der Waals surface area contributed by atoms with Crippen molar-refractivity contribution in [2.45, 2.75) is 50.4 Å². The van der Waals surface area contributed by atoms with Crippen molar-refractivity contribution in [3.8, 4) is 0 Å². The second-order valence-corrected chi connectivity index (χ2v) is 7.29. The molecule has 0 saturated heterocycles. The number of benzene rings is 1. The number of rotatable bonds is 2. The first-order valence-electron chi connectivity index (χ1n) is 8.76. The van der Waals surface area contributed by atoms with E-state index < -0.39 is 0 Å². The summed E-state index contributed by atoms with van der Waals surface area (Å²) in [4.78, 5) is 12.1. The Balaban J connectivity index is 1.85. The van der Waals surface area contributed by atoms with E-state index in [0.29, 0.717) is 18.1 Å². The number of hydrogen-bond acceptors (Lipinski definition) is 2. The van der Waals surface area contributed by atoms with Gasteiger partial charge in [0.2, 0.25) is 0 Å². The molecule has 1 heterocycles. The Hall–Kier alpha value is -1.90. The zero-order valence-corrected chi connectivity index (χ0v) is 13.8. The third-order valence-corrected chi connectivity index (χ3v) is 5.95. The molecule has 1 aromatic carbocycles. The van der Waals surface area contributed by atoms with Crippen LogP contribution in [0, 0.1) is 5.92 Å². The average Bonchev–Trinajstić information content (AvgIpc) is 2.84. The summed E-state index contributed by atoms with van der Waals surface area (Å²) in [5, 5.41) is 4.57. The molecule has 4 rings (SSSR count). The van der Waals surface area contributed by atoms with Crippen molar-refractivity contribution < 1.29 is 4.79 Å². The highest BCUT2D eigenvalue weighted by Crippen LogP contribution is 2.50. The lowest BCUT2D eigenvalue weighted by molar-refractivity contribution is -0.123. The second kappa shape index (κ2) is 5.63. The number of hydrogen-bond donors (Lipinski definition) is 0. The van der Waals surface area contributed by atoms with Crippen LogP contribution in [0.1, 0.15) is 48.9 Å². The monoisotopic (exact) mass is 308 g/mol. The van der Waals surface area contributed by atoms with Gasteiger partial charge in [-0.25, -0.2) is 0 Å². The molecule has 0 spiro atoms. The molecule has 120 valence electrons. The first-order valence-corrected chi connectivity index (χ1v) is 8.76. The third-order valence-electron chi connectivity index (χ3n) is 5.95. The molecule has 3 heteroatoms. The summed E-state index contributed by atoms with van der Waals surface area (Å²) in [6.45, 7) is 0. The van der Waals surface area contributed by atoms with Crippen molar-refractivity contribution in [2.75, 3.05) is 0 Å². The SMILES string of the molecule is Cn1ncc2c1[C@]1(Cc3ccccc3)CCC(=O)C[C@@H]1CCC2. The van der Waals surface area contributed by atoms with Crippen LogP contribution < -0.4 is 0 Å². The van der Waals surface area contributed by atoms with Gasteiger partial charge in [-0.1, -0.05) is 30.3 Å². The largest absolute Gasteiger partial charge is 0.300 e. The fraction of sp³-hybridized carbons (Fsp3) is 0.500. The van der Waals surface area contributed by atoms with Crippen LogP contribution >= 0.6 is 0 Å². The van der Waals surface area contributed by atoms with Gasteiger partial charge >= 0.3 is 0 Å². The molecule has 2 aromatic rings. The molecule has 1 fully saturated rings. The Morgan fingerprint density at radius 1 is 1.26 bits per heavy atom. The van der Waals surface area contributed by atoms with E-state index in [1.54, 1.807) is 0 Å². The number of aromatic nitrogens is 2. The van der Waals surface area contributed by atoms with Gasteiger partial charge in [0.25, 0.3) is 0 Å². The van der Waals surface area contributed by atoms with Crippen molar-refractivity contribution in [1.29, 1.82) is 0 Å². The van der Waals surface area contributed by atoms with Crippen LogP contribution in [0.5, 0.6) is 0 Å². The zero-order chi connectivity index (χ0) is 15.9. The van der Waals surface area contributed by atoms with Gasteiger partial charge in [0.15, 0.2) is 0 Å². The summed E-state index contributed by atoms with van der Waals surface area (Å²) in [7, 11) is 2.07. The summed E-state index contributed by atoms with van der Waals surface area (Å²) in [5.74, 6) is 0.907. The maximum absolute atomic E-state index is 12.1. The molecule has 0 aliphatic heterocycles. The molecular formula is C20H24N2O. The molecule has 0 N–H and O–H groups in total. The number of ketones is 1. The molecule has 0 unspecified atom stereocenters. The quantitative estimate of drug-likeness (QED) is 0.849. The predicted molar refractivity (Wildman–Crippen MR) is 90.3 cm³/mol. The van der Waals surface area contributed by atoms with Gasteiger partial charge in [0.1, 0.15) is 5.78 Å². The molecule has 1 saturated carbocycles. The number of Topliss-reactive ketones (excluding diaryl/α,β-unsaturated/α-hetero) is 1. The molecule has 0 amide bonds. The van der Waals surface area contributed by atoms with Gasteiger partial charge in [-0.05, 0) is 49.1 Å². The van der Waals surface area contributed by atoms with E-state index in [1.807, 2.05) is 0 Å². The average molecular weight is 308 g/mol. The van der Waals surface area contributed by atoms with Crippen molar-refractivity contribution >= 4 is 5.78 Å². The number of carbonyl (C=O) groups excluding carboxylic acids is 1. The van der Waals surface area contributed by atoms with E-state index in [2.05, 4.69) is 53.4 Å². The first kappa shape index (κ1) is 14.7. The van der Waals surface area contributed by atoms with Crippen molar-refractivity contribution in [1.82, 2.24) is 9.78 Å². The number of carbonyl (C=O) groups is 1. The number of nitrogens with zero attached hydrogens (tertiary/aromatic N) is 2. The van der Waals surface area contributed by atoms with Gasteiger partial charge in [0.05, 0.1) is 6.20 Å². The number of aryl methyl sites for hydroxylation is 2. The van der Waals surface area contributed by atoms with Crippen LogP contribution in [-0.2, 0) is 30.1 Å². The third kappa shape index (κ3) is 2.43. The summed E-state index contributed by atoms with van der Waals surface area (Å²) < 4.78 is 2.09. The Morgan fingerprint density at radius 3 is 2.91 bits per heavy atom. The smallest absolute Gasteiger partial charge is 0.133 e. The van der Waals surface area contributed by atoms with Crippen LogP contribution in [0.3, 0.4) is 0 Å². The van der Waals surface area contributed by atoms with Gasteiger partial charge in [-0.3, -0.25) is 9.48 Å². The van der Waals surface area contributed by atoms with E-state index >= 15 is 0 Å². The highest BCUT2D eigenvalue weighted by atomic mass is 16.1. The Morgan fingerprint density at radius 2 is 2.09 bits per heavy atom. The maximum Gasteiger partial charge on any atom is 0.133 e. The second-order valence-electron chi connectivity index (χ2n) is 7.29. The standard InChI is InChI=1S/C20H24N2O/c1-22-19-16(14-21-22)8-5-9-17-12-18(23)10-11-20(17,19)13-15-6-3-2-4-7-15/h2-4,6-7,14,17H,5,8-13H2,1H3/t17-,20-/m0/s1. The zero-order valence-electron chi connectivity index (χ0n) is 13.8. The highest BCUT2D eigenvalue weighted by molar-refractivity contribution is 5.80. The van der Waals surface area contributed by atoms with Crippen LogP contribution in [0.15, 0.2) is 36.5 Å². The van der Waals surface area contributed by atoms with Gasteiger partial charge < -0.3 is 0 Å². The van der Waals surface area contributed by atoms with Crippen LogP contribution in [-0.4, -0.2) is 15.6 Å². The summed E-state index contributed by atoms with van der Waals surface area (Å²) in [6, 6.07) is 10.8. The topological polar surface area (TPSA) is 34.9 Å². The van der Waals surface area contributed by atoms with E-state index in [0.717, 1.165) is 32.1 Å². The Bertz CT molecular complexity index is 718. The molecule has 2 aliphatic carbocycles. The molecule has 1 aromatic heterocycles. The predicted octanol–water partition coefficient (Wildman–Crippen LogP) is 3.61. The molecule has 2 atom stereocenters. The van der Waals surface area contributed by atoms with Crippen molar-refractivity contribution in [3.63, 3.8) is 0 Å². The number of fused-ring (bicyclic) bond motifs is 3. The van der Waals surface area contributed by atoms with Crippen LogP contribution in [0.25, 0.3) is 0 Å². The van der Waals surface area contributed by atoms with Crippen molar-refractivity contribution in [2.24, 2.45) is 13.0 Å².